The Labute approximate surface area is 168 Å². The van der Waals surface area contributed by atoms with Gasteiger partial charge in [-0.2, -0.15) is 0 Å². The Balaban J connectivity index is 1.36. The largest absolute Gasteiger partial charge is 0.486 e. The Hall–Kier alpha value is -3.48. The predicted molar refractivity (Wildman–Crippen MR) is 107 cm³/mol. The van der Waals surface area contributed by atoms with E-state index in [1.165, 1.54) is 0 Å². The molecule has 0 spiro atoms. The molecule has 3 aromatic rings. The highest BCUT2D eigenvalue weighted by atomic mass is 16.6. The molecule has 2 heterocycles. The van der Waals surface area contributed by atoms with Crippen LogP contribution in [0.15, 0.2) is 48.7 Å². The number of ether oxygens (including phenoxy) is 3. The molecule has 1 aromatic heterocycles. The molecule has 2 aromatic carbocycles. The molecule has 1 N–H and O–H groups in total. The van der Waals surface area contributed by atoms with Crippen molar-refractivity contribution in [2.45, 2.75) is 13.0 Å². The van der Waals surface area contributed by atoms with Crippen molar-refractivity contribution >= 4 is 22.8 Å². The second kappa shape index (κ2) is 7.87. The third kappa shape index (κ3) is 3.89. The minimum absolute atomic E-state index is 0.269. The molecule has 7 nitrogen and oxygen atoms in total. The van der Waals surface area contributed by atoms with E-state index in [0.717, 1.165) is 16.5 Å². The third-order valence-corrected chi connectivity index (χ3v) is 4.89. The van der Waals surface area contributed by atoms with Gasteiger partial charge in [0.25, 0.3) is 5.91 Å². The molecule has 1 amide bonds. The minimum atomic E-state index is -0.524. The molecule has 0 aliphatic carbocycles. The van der Waals surface area contributed by atoms with E-state index in [1.807, 2.05) is 61.0 Å². The molecule has 1 aliphatic heterocycles. The summed E-state index contributed by atoms with van der Waals surface area (Å²) in [7, 11) is 1.86. The summed E-state index contributed by atoms with van der Waals surface area (Å²) in [6.45, 7) is 2.54. The van der Waals surface area contributed by atoms with Crippen LogP contribution in [0.5, 0.6) is 11.5 Å². The smallest absolute Gasteiger partial charge is 0.340 e. The Morgan fingerprint density at radius 3 is 2.72 bits per heavy atom. The van der Waals surface area contributed by atoms with E-state index >= 15 is 0 Å². The number of carbonyl (C=O) groups is 2. The topological polar surface area (TPSA) is 78.8 Å². The molecule has 0 saturated carbocycles. The standard InChI is InChI=1S/C22H22N2O5/c1-14(15-7-8-19-20(11-15)28-10-9-27-19)23-21(25)13-29-22(26)17-12-24(2)18-6-4-3-5-16(17)18/h3-8,11-12,14H,9-10,13H2,1-2H3,(H,23,25)/t14-/m0/s1. The first-order valence-corrected chi connectivity index (χ1v) is 9.43. The zero-order valence-electron chi connectivity index (χ0n) is 16.3. The fourth-order valence-electron chi connectivity index (χ4n) is 3.41. The molecule has 0 bridgehead atoms. The summed E-state index contributed by atoms with van der Waals surface area (Å²) in [6.07, 6.45) is 1.71. The third-order valence-electron chi connectivity index (χ3n) is 4.89. The van der Waals surface area contributed by atoms with Gasteiger partial charge in [-0.1, -0.05) is 24.3 Å². The number of para-hydroxylation sites is 1. The Bertz CT molecular complexity index is 1070. The van der Waals surface area contributed by atoms with E-state index < -0.39 is 5.97 Å². The Kier molecular flexibility index (Phi) is 5.12. The molecule has 4 rings (SSSR count). The van der Waals surface area contributed by atoms with Crippen molar-refractivity contribution in [3.63, 3.8) is 0 Å². The summed E-state index contributed by atoms with van der Waals surface area (Å²) in [6, 6.07) is 12.8. The first-order chi connectivity index (χ1) is 14.0. The van der Waals surface area contributed by atoms with Crippen LogP contribution < -0.4 is 14.8 Å². The van der Waals surface area contributed by atoms with E-state index in [0.29, 0.717) is 30.3 Å². The maximum absolute atomic E-state index is 12.4. The van der Waals surface area contributed by atoms with E-state index in [-0.39, 0.29) is 18.6 Å². The minimum Gasteiger partial charge on any atom is -0.486 e. The highest BCUT2D eigenvalue weighted by Crippen LogP contribution is 2.32. The molecule has 0 saturated heterocycles. The first kappa shape index (κ1) is 18.9. The summed E-state index contributed by atoms with van der Waals surface area (Å²) in [4.78, 5) is 24.7. The number of rotatable bonds is 5. The number of aromatic nitrogens is 1. The van der Waals surface area contributed by atoms with Crippen LogP contribution in [0.25, 0.3) is 10.9 Å². The molecule has 150 valence electrons. The number of nitrogens with zero attached hydrogens (tertiary/aromatic N) is 1. The van der Waals surface area contributed by atoms with Gasteiger partial charge in [-0.25, -0.2) is 4.79 Å². The lowest BCUT2D eigenvalue weighted by molar-refractivity contribution is -0.124. The second-order valence-electron chi connectivity index (χ2n) is 6.94. The summed E-state index contributed by atoms with van der Waals surface area (Å²) in [5, 5.41) is 3.63. The monoisotopic (exact) mass is 394 g/mol. The zero-order valence-corrected chi connectivity index (χ0v) is 16.3. The van der Waals surface area contributed by atoms with Crippen LogP contribution in [-0.4, -0.2) is 36.3 Å². The first-order valence-electron chi connectivity index (χ1n) is 9.43. The van der Waals surface area contributed by atoms with Gasteiger partial charge in [0, 0.05) is 24.1 Å². The number of aryl methyl sites for hydroxylation is 1. The van der Waals surface area contributed by atoms with Crippen LogP contribution in [0, 0.1) is 0 Å². The van der Waals surface area contributed by atoms with Crippen molar-refractivity contribution < 1.29 is 23.8 Å². The molecule has 0 fully saturated rings. The Morgan fingerprint density at radius 2 is 1.90 bits per heavy atom. The van der Waals surface area contributed by atoms with Crippen molar-refractivity contribution in [2.75, 3.05) is 19.8 Å². The average Bonchev–Trinajstić information content (AvgIpc) is 3.08. The van der Waals surface area contributed by atoms with Crippen molar-refractivity contribution in [2.24, 2.45) is 7.05 Å². The zero-order chi connectivity index (χ0) is 20.4. The van der Waals surface area contributed by atoms with Gasteiger partial charge in [0.15, 0.2) is 18.1 Å². The molecule has 1 atom stereocenters. The van der Waals surface area contributed by atoms with Gasteiger partial charge in [-0.05, 0) is 30.7 Å². The summed E-state index contributed by atoms with van der Waals surface area (Å²) in [5.74, 6) is 0.463. The van der Waals surface area contributed by atoms with Crippen LogP contribution in [0.3, 0.4) is 0 Å². The van der Waals surface area contributed by atoms with Gasteiger partial charge in [0.2, 0.25) is 0 Å². The van der Waals surface area contributed by atoms with Crippen molar-refractivity contribution in [1.82, 2.24) is 9.88 Å². The summed E-state index contributed by atoms with van der Waals surface area (Å²) in [5.41, 5.74) is 2.25. The van der Waals surface area contributed by atoms with Gasteiger partial charge in [0.1, 0.15) is 13.2 Å². The average molecular weight is 394 g/mol. The van der Waals surface area contributed by atoms with Gasteiger partial charge >= 0.3 is 5.97 Å². The Morgan fingerprint density at radius 1 is 1.14 bits per heavy atom. The summed E-state index contributed by atoms with van der Waals surface area (Å²) < 4.78 is 18.2. The van der Waals surface area contributed by atoms with Crippen LogP contribution in [0.4, 0.5) is 0 Å². The quantitative estimate of drug-likeness (QED) is 0.673. The van der Waals surface area contributed by atoms with E-state index in [9.17, 15) is 9.59 Å². The second-order valence-corrected chi connectivity index (χ2v) is 6.94. The van der Waals surface area contributed by atoms with E-state index in [4.69, 9.17) is 14.2 Å². The van der Waals surface area contributed by atoms with Crippen LogP contribution in [-0.2, 0) is 16.6 Å². The van der Waals surface area contributed by atoms with Crippen molar-refractivity contribution in [3.8, 4) is 11.5 Å². The maximum Gasteiger partial charge on any atom is 0.340 e. The molecule has 7 heteroatoms. The highest BCUT2D eigenvalue weighted by Gasteiger charge is 2.18. The number of carbonyl (C=O) groups excluding carboxylic acids is 2. The summed E-state index contributed by atoms with van der Waals surface area (Å²) >= 11 is 0. The van der Waals surface area contributed by atoms with Gasteiger partial charge in [0.05, 0.1) is 11.6 Å². The predicted octanol–water partition coefficient (Wildman–Crippen LogP) is 2.98. The molecule has 0 unspecified atom stereocenters. The van der Waals surface area contributed by atoms with Gasteiger partial charge < -0.3 is 24.1 Å². The highest BCUT2D eigenvalue weighted by molar-refractivity contribution is 6.04. The molecular weight excluding hydrogens is 372 g/mol. The van der Waals surface area contributed by atoms with Gasteiger partial charge in [-0.3, -0.25) is 4.79 Å². The number of hydrogen-bond acceptors (Lipinski definition) is 5. The SMILES string of the molecule is C[C@H](NC(=O)COC(=O)c1cn(C)c2ccccc12)c1ccc2c(c1)OCCO2. The molecular formula is C22H22N2O5. The number of hydrogen-bond donors (Lipinski definition) is 1. The van der Waals surface area contributed by atoms with E-state index in [1.54, 1.807) is 6.20 Å². The van der Waals surface area contributed by atoms with Crippen LogP contribution in [0.2, 0.25) is 0 Å². The lowest BCUT2D eigenvalue weighted by Crippen LogP contribution is -2.31. The number of amides is 1. The van der Waals surface area contributed by atoms with Crippen molar-refractivity contribution in [3.05, 3.63) is 59.8 Å². The lowest BCUT2D eigenvalue weighted by Gasteiger charge is -2.21. The fraction of sp³-hybridized carbons (Fsp3) is 0.273. The molecule has 29 heavy (non-hydrogen) atoms. The number of esters is 1. The van der Waals surface area contributed by atoms with Crippen LogP contribution in [0.1, 0.15) is 28.9 Å². The van der Waals surface area contributed by atoms with Gasteiger partial charge in [-0.15, -0.1) is 0 Å². The maximum atomic E-state index is 12.4. The van der Waals surface area contributed by atoms with E-state index in [2.05, 4.69) is 5.32 Å². The van der Waals surface area contributed by atoms with Crippen molar-refractivity contribution in [1.29, 1.82) is 0 Å². The number of nitrogens with one attached hydrogen (secondary N) is 1. The fourth-order valence-corrected chi connectivity index (χ4v) is 3.41. The number of benzene rings is 2. The molecule has 1 aliphatic rings. The normalized spacial score (nSPS) is 13.7. The number of fused-ring (bicyclic) bond motifs is 2. The molecule has 0 radical (unpaired) electrons. The van der Waals surface area contributed by atoms with Crippen LogP contribution >= 0.6 is 0 Å². The lowest BCUT2D eigenvalue weighted by atomic mass is 10.1.